The van der Waals surface area contributed by atoms with Gasteiger partial charge in [0.05, 0.1) is 6.54 Å². The second kappa shape index (κ2) is 4.44. The highest BCUT2D eigenvalue weighted by Crippen LogP contribution is 2.53. The molecule has 18 heavy (non-hydrogen) atoms. The molecule has 0 radical (unpaired) electrons. The van der Waals surface area contributed by atoms with Gasteiger partial charge in [-0.05, 0) is 17.8 Å². The van der Waals surface area contributed by atoms with E-state index in [0.29, 0.717) is 30.8 Å². The van der Waals surface area contributed by atoms with Crippen molar-refractivity contribution in [2.75, 3.05) is 19.6 Å². The zero-order valence-electron chi connectivity index (χ0n) is 9.96. The van der Waals surface area contributed by atoms with Crippen molar-refractivity contribution in [3.63, 3.8) is 0 Å². The van der Waals surface area contributed by atoms with E-state index in [1.54, 1.807) is 5.32 Å². The normalized spacial score (nSPS) is 30.0. The van der Waals surface area contributed by atoms with Crippen molar-refractivity contribution in [2.24, 2.45) is 17.8 Å². The number of nitrogens with one attached hydrogen (secondary N) is 1. The molecule has 4 nitrogen and oxygen atoms in total. The largest absolute Gasteiger partial charge is 0.471 e. The summed E-state index contributed by atoms with van der Waals surface area (Å²) >= 11 is 0. The molecular formula is C11H15F3N2O2. The number of hydrogen-bond acceptors (Lipinski definition) is 2. The van der Waals surface area contributed by atoms with Crippen LogP contribution in [0, 0.1) is 17.8 Å². The molecule has 1 aliphatic carbocycles. The molecule has 0 aromatic carbocycles. The monoisotopic (exact) mass is 264 g/mol. The Kier molecular flexibility index (Phi) is 3.25. The second-order valence-corrected chi connectivity index (χ2v) is 4.88. The first-order valence-corrected chi connectivity index (χ1v) is 5.97. The predicted octanol–water partition coefficient (Wildman–Crippen LogP) is 0.779. The van der Waals surface area contributed by atoms with Gasteiger partial charge in [-0.2, -0.15) is 13.2 Å². The van der Waals surface area contributed by atoms with E-state index in [-0.39, 0.29) is 0 Å². The van der Waals surface area contributed by atoms with Gasteiger partial charge in [0.15, 0.2) is 0 Å². The summed E-state index contributed by atoms with van der Waals surface area (Å²) in [4.78, 5) is 23.7. The molecule has 2 unspecified atom stereocenters. The Bertz CT molecular complexity index is 358. The molecule has 2 atom stereocenters. The van der Waals surface area contributed by atoms with Gasteiger partial charge in [-0.1, -0.05) is 13.3 Å². The third kappa shape index (κ3) is 2.44. The van der Waals surface area contributed by atoms with E-state index in [1.807, 2.05) is 0 Å². The number of rotatable bonds is 3. The summed E-state index contributed by atoms with van der Waals surface area (Å²) in [6, 6.07) is 0. The zero-order chi connectivity index (χ0) is 13.5. The van der Waals surface area contributed by atoms with Gasteiger partial charge in [-0.3, -0.25) is 9.59 Å². The molecule has 7 heteroatoms. The summed E-state index contributed by atoms with van der Waals surface area (Å²) in [5, 5.41) is 1.60. The third-order valence-corrected chi connectivity index (χ3v) is 3.85. The molecule has 1 N–H and O–H groups in total. The van der Waals surface area contributed by atoms with Crippen molar-refractivity contribution in [2.45, 2.75) is 19.5 Å². The van der Waals surface area contributed by atoms with Crippen LogP contribution in [0.5, 0.6) is 0 Å². The first-order valence-electron chi connectivity index (χ1n) is 5.97. The highest BCUT2D eigenvalue weighted by molar-refractivity contribution is 5.87. The van der Waals surface area contributed by atoms with E-state index in [0.717, 1.165) is 6.42 Å². The maximum Gasteiger partial charge on any atom is 0.471 e. The van der Waals surface area contributed by atoms with Crippen molar-refractivity contribution in [1.29, 1.82) is 0 Å². The summed E-state index contributed by atoms with van der Waals surface area (Å²) < 4.78 is 35.7. The van der Waals surface area contributed by atoms with E-state index < -0.39 is 24.5 Å². The molecule has 2 aliphatic rings. The van der Waals surface area contributed by atoms with Gasteiger partial charge in [-0.25, -0.2) is 0 Å². The fraction of sp³-hybridized carbons (Fsp3) is 0.818. The molecular weight excluding hydrogens is 249 g/mol. The molecule has 102 valence electrons. The van der Waals surface area contributed by atoms with Crippen molar-refractivity contribution in [3.05, 3.63) is 0 Å². The maximum absolute atomic E-state index is 11.9. The molecule has 1 saturated heterocycles. The molecule has 0 bridgehead atoms. The molecule has 0 aromatic heterocycles. The Morgan fingerprint density at radius 3 is 2.28 bits per heavy atom. The Hall–Kier alpha value is -1.27. The number of amides is 2. The number of hydrogen-bond donors (Lipinski definition) is 1. The van der Waals surface area contributed by atoms with Crippen molar-refractivity contribution in [1.82, 2.24) is 10.2 Å². The first-order chi connectivity index (χ1) is 8.34. The number of halogens is 3. The summed E-state index contributed by atoms with van der Waals surface area (Å²) in [6.07, 6.45) is -3.84. The molecule has 2 rings (SSSR count). The zero-order valence-corrected chi connectivity index (χ0v) is 9.96. The van der Waals surface area contributed by atoms with Gasteiger partial charge in [0, 0.05) is 13.1 Å². The van der Waals surface area contributed by atoms with Crippen LogP contribution in [0.1, 0.15) is 13.3 Å². The fourth-order valence-corrected chi connectivity index (χ4v) is 2.83. The van der Waals surface area contributed by atoms with Crippen molar-refractivity contribution in [3.8, 4) is 0 Å². The minimum absolute atomic E-state index is 0.436. The van der Waals surface area contributed by atoms with Crippen LogP contribution in [0.4, 0.5) is 13.2 Å². The number of fused-ring (bicyclic) bond motifs is 1. The van der Waals surface area contributed by atoms with Crippen LogP contribution in [0.2, 0.25) is 0 Å². The topological polar surface area (TPSA) is 49.4 Å². The van der Waals surface area contributed by atoms with Gasteiger partial charge in [0.1, 0.15) is 0 Å². The molecule has 1 aliphatic heterocycles. The van der Waals surface area contributed by atoms with Crippen molar-refractivity contribution >= 4 is 11.8 Å². The average Bonchev–Trinajstić information content (AvgIpc) is 2.76. The number of carbonyl (C=O) groups excluding carboxylic acids is 2. The lowest BCUT2D eigenvalue weighted by Crippen LogP contribution is -2.44. The van der Waals surface area contributed by atoms with E-state index in [2.05, 4.69) is 6.92 Å². The Morgan fingerprint density at radius 2 is 1.83 bits per heavy atom. The standard InChI is InChI=1S/C11H15F3N2O2/c1-2-6-7-4-16(5-8(6)7)9(17)3-15-10(18)11(12,13)14/h6-8H,2-5H2,1H3,(H,15,18). The van der Waals surface area contributed by atoms with Crippen LogP contribution >= 0.6 is 0 Å². The minimum Gasteiger partial charge on any atom is -0.341 e. The van der Waals surface area contributed by atoms with E-state index >= 15 is 0 Å². The van der Waals surface area contributed by atoms with Gasteiger partial charge in [0.2, 0.25) is 5.91 Å². The quantitative estimate of drug-likeness (QED) is 0.819. The maximum atomic E-state index is 11.9. The smallest absolute Gasteiger partial charge is 0.341 e. The Balaban J connectivity index is 1.73. The molecule has 0 spiro atoms. The van der Waals surface area contributed by atoms with E-state index in [1.165, 1.54) is 4.90 Å². The number of likely N-dealkylation sites (tertiary alicyclic amines) is 1. The van der Waals surface area contributed by atoms with Crippen molar-refractivity contribution < 1.29 is 22.8 Å². The lowest BCUT2D eigenvalue weighted by molar-refractivity contribution is -0.174. The van der Waals surface area contributed by atoms with E-state index in [9.17, 15) is 22.8 Å². The minimum atomic E-state index is -4.93. The molecule has 2 amide bonds. The first kappa shape index (κ1) is 13.2. The Labute approximate surface area is 103 Å². The van der Waals surface area contributed by atoms with E-state index in [4.69, 9.17) is 0 Å². The SMILES string of the molecule is CCC1C2CN(C(=O)CNC(=O)C(F)(F)F)CC12. The van der Waals surface area contributed by atoms with Crippen LogP contribution in [-0.4, -0.2) is 42.5 Å². The fourth-order valence-electron chi connectivity index (χ4n) is 2.83. The van der Waals surface area contributed by atoms with Gasteiger partial charge in [-0.15, -0.1) is 0 Å². The van der Waals surface area contributed by atoms with Crippen LogP contribution in [0.25, 0.3) is 0 Å². The third-order valence-electron chi connectivity index (χ3n) is 3.85. The van der Waals surface area contributed by atoms with Gasteiger partial charge < -0.3 is 10.2 Å². The average molecular weight is 264 g/mol. The summed E-state index contributed by atoms with van der Waals surface area (Å²) in [6.45, 7) is 2.75. The number of piperidine rings is 1. The second-order valence-electron chi connectivity index (χ2n) is 4.88. The van der Waals surface area contributed by atoms with Crippen LogP contribution in [0.15, 0.2) is 0 Å². The number of nitrogens with zero attached hydrogens (tertiary/aromatic N) is 1. The number of carbonyl (C=O) groups is 2. The highest BCUT2D eigenvalue weighted by Gasteiger charge is 2.55. The Morgan fingerprint density at radius 1 is 1.28 bits per heavy atom. The lowest BCUT2D eigenvalue weighted by atomic mass is 10.2. The van der Waals surface area contributed by atoms with Crippen LogP contribution < -0.4 is 5.32 Å². The molecule has 2 fully saturated rings. The van der Waals surface area contributed by atoms with Crippen LogP contribution in [-0.2, 0) is 9.59 Å². The van der Waals surface area contributed by atoms with Gasteiger partial charge >= 0.3 is 12.1 Å². The van der Waals surface area contributed by atoms with Gasteiger partial charge in [0.25, 0.3) is 0 Å². The predicted molar refractivity (Wildman–Crippen MR) is 56.4 cm³/mol. The summed E-state index contributed by atoms with van der Waals surface area (Å²) in [5.74, 6) is -0.811. The molecule has 1 heterocycles. The van der Waals surface area contributed by atoms with Crippen LogP contribution in [0.3, 0.4) is 0 Å². The molecule has 0 aromatic rings. The number of alkyl halides is 3. The highest BCUT2D eigenvalue weighted by atomic mass is 19.4. The summed E-state index contributed by atoms with van der Waals surface area (Å²) in [5.41, 5.74) is 0. The summed E-state index contributed by atoms with van der Waals surface area (Å²) in [7, 11) is 0. The molecule has 1 saturated carbocycles. The lowest BCUT2D eigenvalue weighted by Gasteiger charge is -2.20.